The molecule has 0 bridgehead atoms. The molecule has 0 saturated heterocycles. The summed E-state index contributed by atoms with van der Waals surface area (Å²) >= 11 is 0. The van der Waals surface area contributed by atoms with E-state index in [1.807, 2.05) is 0 Å². The van der Waals surface area contributed by atoms with Crippen molar-refractivity contribution in [3.8, 4) is 0 Å². The molecule has 0 aromatic heterocycles. The van der Waals surface area contributed by atoms with Crippen LogP contribution in [-0.4, -0.2) is 16.9 Å². The van der Waals surface area contributed by atoms with Crippen molar-refractivity contribution in [1.82, 2.24) is 0 Å². The van der Waals surface area contributed by atoms with Crippen LogP contribution in [0.4, 0.5) is 0 Å². The third-order valence-corrected chi connectivity index (χ3v) is 14.1. The molecule has 2 aromatic rings. The molecule has 2 heteroatoms. The van der Waals surface area contributed by atoms with Gasteiger partial charge in [-0.05, 0) is 5.56 Å². The Balaban J connectivity index is 2.49. The topological polar surface area (TPSA) is 0 Å². The first kappa shape index (κ1) is 18.9. The number of rotatable bonds is 8. The summed E-state index contributed by atoms with van der Waals surface area (Å²) in [5, 5.41) is 3.47. The van der Waals surface area contributed by atoms with Gasteiger partial charge in [0.05, 0.1) is 8.80 Å². The minimum Gasteiger partial charge on any atom is -0.0893 e. The lowest BCUT2D eigenvalue weighted by molar-refractivity contribution is 1.29. The molecule has 0 spiro atoms. The normalized spacial score (nSPS) is 12.2. The fraction of sp³-hybridized carbons (Fsp3) is 0.364. The summed E-state index contributed by atoms with van der Waals surface area (Å²) in [4.78, 5) is 0. The average molecular weight is 353 g/mol. The van der Waals surface area contributed by atoms with Crippen molar-refractivity contribution in [2.75, 3.05) is 0 Å². The predicted molar refractivity (Wildman–Crippen MR) is 116 cm³/mol. The molecule has 2 aromatic carbocycles. The van der Waals surface area contributed by atoms with E-state index in [0.717, 1.165) is 0 Å². The monoisotopic (exact) mass is 352 g/mol. The summed E-state index contributed by atoms with van der Waals surface area (Å²) in [6, 6.07) is 25.5. The maximum absolute atomic E-state index is 2.61. The highest BCUT2D eigenvalue weighted by Crippen LogP contribution is 2.19. The molecule has 2 rings (SSSR count). The highest BCUT2D eigenvalue weighted by molar-refractivity contribution is 6.99. The van der Waals surface area contributed by atoms with Crippen LogP contribution < -0.4 is 10.4 Å². The van der Waals surface area contributed by atoms with Gasteiger partial charge in [0.1, 0.15) is 8.07 Å². The average Bonchev–Trinajstić information content (AvgIpc) is 2.66. The Morgan fingerprint density at radius 1 is 0.792 bits per heavy atom. The van der Waals surface area contributed by atoms with E-state index in [1.165, 1.54) is 29.7 Å². The molecule has 0 aliphatic rings. The van der Waals surface area contributed by atoms with Gasteiger partial charge in [-0.1, -0.05) is 129 Å². The van der Waals surface area contributed by atoms with E-state index in [2.05, 4.69) is 94.1 Å². The molecule has 0 N–H and O–H groups in total. The third kappa shape index (κ3) is 4.17. The second kappa shape index (κ2) is 9.19. The minimum atomic E-state index is -1.59. The highest BCUT2D eigenvalue weighted by Gasteiger charge is 2.31. The van der Waals surface area contributed by atoms with Gasteiger partial charge in [0.15, 0.2) is 0 Å². The standard InChI is InChI=1S/C22H32Si2/c1-5-23(6-2)21-16-12-13-17-22(21)24(7-3,8-4)19-18-20-14-10-9-11-15-20/h9-19,23H,5-8H2,1-4H3/b19-18+. The van der Waals surface area contributed by atoms with Crippen molar-refractivity contribution in [1.29, 1.82) is 0 Å². The highest BCUT2D eigenvalue weighted by atomic mass is 28.3. The zero-order valence-electron chi connectivity index (χ0n) is 15.8. The Morgan fingerprint density at radius 2 is 1.38 bits per heavy atom. The van der Waals surface area contributed by atoms with Crippen LogP contribution in [0.25, 0.3) is 6.08 Å². The first-order valence-corrected chi connectivity index (χ1v) is 14.2. The molecule has 0 fully saturated rings. The van der Waals surface area contributed by atoms with Crippen LogP contribution in [-0.2, 0) is 0 Å². The van der Waals surface area contributed by atoms with Crippen LogP contribution in [0.15, 0.2) is 60.3 Å². The smallest absolute Gasteiger partial charge is 0.0893 e. The Kier molecular flexibility index (Phi) is 7.25. The molecular weight excluding hydrogens is 320 g/mol. The maximum Gasteiger partial charge on any atom is 0.109 e. The Bertz CT molecular complexity index is 638. The van der Waals surface area contributed by atoms with Gasteiger partial charge in [0.25, 0.3) is 0 Å². The molecular formula is C22H32Si2. The summed E-state index contributed by atoms with van der Waals surface area (Å²) < 4.78 is 0. The van der Waals surface area contributed by atoms with Crippen molar-refractivity contribution >= 4 is 33.3 Å². The summed E-state index contributed by atoms with van der Waals surface area (Å²) in [6.45, 7) is 9.57. The molecule has 0 atom stereocenters. The van der Waals surface area contributed by atoms with Crippen molar-refractivity contribution in [3.05, 3.63) is 65.9 Å². The Morgan fingerprint density at radius 3 is 1.96 bits per heavy atom. The molecule has 0 heterocycles. The molecule has 0 radical (unpaired) electrons. The third-order valence-electron chi connectivity index (χ3n) is 5.58. The van der Waals surface area contributed by atoms with Gasteiger partial charge < -0.3 is 0 Å². The van der Waals surface area contributed by atoms with Gasteiger partial charge in [-0.15, -0.1) is 0 Å². The fourth-order valence-electron chi connectivity index (χ4n) is 3.81. The van der Waals surface area contributed by atoms with Gasteiger partial charge in [-0.25, -0.2) is 0 Å². The van der Waals surface area contributed by atoms with Crippen molar-refractivity contribution in [2.45, 2.75) is 51.9 Å². The van der Waals surface area contributed by atoms with Gasteiger partial charge in [0, 0.05) is 0 Å². The van der Waals surface area contributed by atoms with E-state index in [0.29, 0.717) is 0 Å². The van der Waals surface area contributed by atoms with Crippen LogP contribution in [0.1, 0.15) is 33.3 Å². The lowest BCUT2D eigenvalue weighted by Crippen LogP contribution is -2.56. The van der Waals surface area contributed by atoms with Crippen molar-refractivity contribution in [2.24, 2.45) is 0 Å². The largest absolute Gasteiger partial charge is 0.109 e. The molecule has 0 amide bonds. The zero-order valence-corrected chi connectivity index (χ0v) is 17.9. The maximum atomic E-state index is 2.61. The summed E-state index contributed by atoms with van der Waals surface area (Å²) in [6.07, 6.45) is 2.38. The first-order chi connectivity index (χ1) is 11.7. The number of hydrogen-bond donors (Lipinski definition) is 0. The van der Waals surface area contributed by atoms with Crippen LogP contribution in [0.5, 0.6) is 0 Å². The lowest BCUT2D eigenvalue weighted by Gasteiger charge is -2.31. The second-order valence-electron chi connectivity index (χ2n) is 6.71. The summed E-state index contributed by atoms with van der Waals surface area (Å²) in [5.41, 5.74) is 3.94. The lowest BCUT2D eigenvalue weighted by atomic mass is 10.2. The zero-order chi connectivity index (χ0) is 17.4. The molecule has 0 nitrogen and oxygen atoms in total. The second-order valence-corrected chi connectivity index (χ2v) is 15.0. The van der Waals surface area contributed by atoms with Gasteiger partial charge in [0.2, 0.25) is 0 Å². The van der Waals surface area contributed by atoms with E-state index in [1.54, 1.807) is 10.4 Å². The predicted octanol–water partition coefficient (Wildman–Crippen LogP) is 5.11. The van der Waals surface area contributed by atoms with E-state index in [9.17, 15) is 0 Å². The summed E-state index contributed by atoms with van der Waals surface area (Å²) in [7, 11) is -2.40. The van der Waals surface area contributed by atoms with Crippen molar-refractivity contribution < 1.29 is 0 Å². The van der Waals surface area contributed by atoms with Gasteiger partial charge >= 0.3 is 0 Å². The Hall–Kier alpha value is -1.39. The minimum absolute atomic E-state index is 0.815. The van der Waals surface area contributed by atoms with E-state index in [4.69, 9.17) is 0 Å². The molecule has 0 saturated carbocycles. The molecule has 0 unspecified atom stereocenters. The van der Waals surface area contributed by atoms with Crippen LogP contribution >= 0.6 is 0 Å². The Labute approximate surface area is 151 Å². The van der Waals surface area contributed by atoms with E-state index < -0.39 is 16.9 Å². The summed E-state index contributed by atoms with van der Waals surface area (Å²) in [5.74, 6) is 0. The number of benzene rings is 2. The molecule has 0 aliphatic carbocycles. The molecule has 128 valence electrons. The van der Waals surface area contributed by atoms with Crippen LogP contribution in [0, 0.1) is 0 Å². The molecule has 24 heavy (non-hydrogen) atoms. The number of hydrogen-bond acceptors (Lipinski definition) is 0. The fourth-order valence-corrected chi connectivity index (χ4v) is 11.2. The van der Waals surface area contributed by atoms with Gasteiger partial charge in [-0.3, -0.25) is 0 Å². The first-order valence-electron chi connectivity index (χ1n) is 9.54. The van der Waals surface area contributed by atoms with E-state index in [-0.39, 0.29) is 0 Å². The van der Waals surface area contributed by atoms with Crippen molar-refractivity contribution in [3.63, 3.8) is 0 Å². The van der Waals surface area contributed by atoms with Crippen LogP contribution in [0.2, 0.25) is 24.2 Å². The quantitative estimate of drug-likeness (QED) is 0.579. The van der Waals surface area contributed by atoms with Gasteiger partial charge in [-0.2, -0.15) is 0 Å². The van der Waals surface area contributed by atoms with E-state index >= 15 is 0 Å². The van der Waals surface area contributed by atoms with Crippen LogP contribution in [0.3, 0.4) is 0 Å². The molecule has 0 aliphatic heterocycles. The SMILES string of the molecule is CC[SiH](CC)c1ccccc1[Si](/C=C/c1ccccc1)(CC)CC.